The Hall–Kier alpha value is -2.30. The second kappa shape index (κ2) is 8.87. The maximum Gasteiger partial charge on any atom is 0.244 e. The van der Waals surface area contributed by atoms with Crippen LogP contribution in [0.2, 0.25) is 0 Å². The quantitative estimate of drug-likeness (QED) is 0.751. The van der Waals surface area contributed by atoms with Crippen molar-refractivity contribution in [1.29, 1.82) is 0 Å². The van der Waals surface area contributed by atoms with E-state index in [0.29, 0.717) is 6.54 Å². The molecule has 0 aliphatic rings. The number of carbonyl (C=O) groups excluding carboxylic acids is 2. The van der Waals surface area contributed by atoms with Crippen molar-refractivity contribution in [3.8, 4) is 0 Å². The van der Waals surface area contributed by atoms with E-state index < -0.39 is 0 Å². The van der Waals surface area contributed by atoms with Gasteiger partial charge in [-0.25, -0.2) is 0 Å². The third-order valence-electron chi connectivity index (χ3n) is 3.41. The van der Waals surface area contributed by atoms with Crippen molar-refractivity contribution < 1.29 is 9.59 Å². The van der Waals surface area contributed by atoms with Gasteiger partial charge in [0.2, 0.25) is 11.8 Å². The highest BCUT2D eigenvalue weighted by molar-refractivity contribution is 5.94. The number of rotatable bonds is 8. The molecule has 0 fully saturated rings. The molecule has 2 amide bonds. The average Bonchev–Trinajstić information content (AvgIpc) is 2.49. The minimum absolute atomic E-state index is 0.0269. The van der Waals surface area contributed by atoms with Crippen molar-refractivity contribution in [1.82, 2.24) is 4.90 Å². The molecule has 120 valence electrons. The van der Waals surface area contributed by atoms with Gasteiger partial charge in [0.05, 0.1) is 0 Å². The topological polar surface area (TPSA) is 52.7 Å². The normalized spacial score (nSPS) is 9.95. The van der Waals surface area contributed by atoms with E-state index >= 15 is 0 Å². The molecule has 0 radical (unpaired) electrons. The van der Waals surface area contributed by atoms with Crippen LogP contribution in [-0.2, 0) is 9.59 Å². The minimum Gasteiger partial charge on any atom is -0.372 e. The van der Waals surface area contributed by atoms with Gasteiger partial charge in [-0.15, -0.1) is 6.58 Å². The summed E-state index contributed by atoms with van der Waals surface area (Å²) in [6.07, 6.45) is 1.60. The molecule has 0 aromatic heterocycles. The molecule has 0 spiro atoms. The summed E-state index contributed by atoms with van der Waals surface area (Å²) in [5.41, 5.74) is 1.85. The minimum atomic E-state index is -0.215. The lowest BCUT2D eigenvalue weighted by Gasteiger charge is -2.21. The fraction of sp³-hybridized carbons (Fsp3) is 0.412. The van der Waals surface area contributed by atoms with E-state index in [1.54, 1.807) is 6.08 Å². The Kier molecular flexibility index (Phi) is 7.16. The summed E-state index contributed by atoms with van der Waals surface area (Å²) in [7, 11) is 0. The number of anilines is 2. The van der Waals surface area contributed by atoms with Crippen LogP contribution in [0.3, 0.4) is 0 Å². The first kappa shape index (κ1) is 17.8. The molecular weight excluding hydrogens is 278 g/mol. The molecule has 0 atom stereocenters. The standard InChI is InChI=1S/C17H25N3O2/c1-5-12-20(14(4)21)13-17(22)18-15-8-10-16(11-9-15)19(6-2)7-3/h5,8-11H,1,6-7,12-13H2,2-4H3,(H,18,22). The summed E-state index contributed by atoms with van der Waals surface area (Å²) in [6, 6.07) is 7.71. The Balaban J connectivity index is 2.64. The van der Waals surface area contributed by atoms with Crippen LogP contribution < -0.4 is 10.2 Å². The number of carbonyl (C=O) groups is 2. The first-order valence-corrected chi connectivity index (χ1v) is 7.53. The Morgan fingerprint density at radius 3 is 2.23 bits per heavy atom. The lowest BCUT2D eigenvalue weighted by molar-refractivity contribution is -0.132. The molecule has 0 bridgehead atoms. The summed E-state index contributed by atoms with van der Waals surface area (Å²) in [5.74, 6) is -0.362. The Morgan fingerprint density at radius 1 is 1.18 bits per heavy atom. The van der Waals surface area contributed by atoms with Crippen molar-refractivity contribution >= 4 is 23.2 Å². The molecule has 0 unspecified atom stereocenters. The van der Waals surface area contributed by atoms with E-state index in [1.807, 2.05) is 24.3 Å². The van der Waals surface area contributed by atoms with E-state index in [9.17, 15) is 9.59 Å². The second-order valence-electron chi connectivity index (χ2n) is 4.96. The number of amides is 2. The summed E-state index contributed by atoms with van der Waals surface area (Å²) in [4.78, 5) is 27.1. The molecule has 5 heteroatoms. The van der Waals surface area contributed by atoms with Crippen LogP contribution in [0.1, 0.15) is 20.8 Å². The van der Waals surface area contributed by atoms with Crippen molar-refractivity contribution in [2.45, 2.75) is 20.8 Å². The lowest BCUT2D eigenvalue weighted by Crippen LogP contribution is -2.36. The molecule has 5 nitrogen and oxygen atoms in total. The van der Waals surface area contributed by atoms with Crippen molar-refractivity contribution in [3.05, 3.63) is 36.9 Å². The predicted molar refractivity (Wildman–Crippen MR) is 91.1 cm³/mol. The first-order valence-electron chi connectivity index (χ1n) is 7.53. The fourth-order valence-electron chi connectivity index (χ4n) is 2.18. The largest absolute Gasteiger partial charge is 0.372 e. The van der Waals surface area contributed by atoms with E-state index in [1.165, 1.54) is 11.8 Å². The van der Waals surface area contributed by atoms with Crippen LogP contribution in [-0.4, -0.2) is 42.9 Å². The molecule has 0 saturated heterocycles. The van der Waals surface area contributed by atoms with E-state index in [-0.39, 0.29) is 18.4 Å². The van der Waals surface area contributed by atoms with Gasteiger partial charge in [0.25, 0.3) is 0 Å². The van der Waals surface area contributed by atoms with Crippen molar-refractivity contribution in [2.75, 3.05) is 36.4 Å². The molecule has 0 saturated carbocycles. The van der Waals surface area contributed by atoms with Gasteiger partial charge in [-0.3, -0.25) is 9.59 Å². The van der Waals surface area contributed by atoms with E-state index in [4.69, 9.17) is 0 Å². The predicted octanol–water partition coefficient (Wildman–Crippen LogP) is 2.51. The van der Waals surface area contributed by atoms with E-state index in [2.05, 4.69) is 30.6 Å². The monoisotopic (exact) mass is 303 g/mol. The highest BCUT2D eigenvalue weighted by Crippen LogP contribution is 2.17. The second-order valence-corrected chi connectivity index (χ2v) is 4.96. The Morgan fingerprint density at radius 2 is 1.77 bits per heavy atom. The van der Waals surface area contributed by atoms with Gasteiger partial charge >= 0.3 is 0 Å². The summed E-state index contributed by atoms with van der Waals surface area (Å²) >= 11 is 0. The maximum atomic E-state index is 12.0. The van der Waals surface area contributed by atoms with Crippen molar-refractivity contribution in [2.24, 2.45) is 0 Å². The van der Waals surface area contributed by atoms with Crippen LogP contribution in [0, 0.1) is 0 Å². The first-order chi connectivity index (χ1) is 10.5. The number of hydrogen-bond acceptors (Lipinski definition) is 3. The third-order valence-corrected chi connectivity index (χ3v) is 3.41. The fourth-order valence-corrected chi connectivity index (χ4v) is 2.18. The van der Waals surface area contributed by atoms with Crippen LogP contribution in [0.5, 0.6) is 0 Å². The van der Waals surface area contributed by atoms with Gasteiger partial charge in [-0.2, -0.15) is 0 Å². The number of nitrogens with zero attached hydrogens (tertiary/aromatic N) is 2. The van der Waals surface area contributed by atoms with Crippen LogP contribution in [0.25, 0.3) is 0 Å². The van der Waals surface area contributed by atoms with Gasteiger partial charge < -0.3 is 15.1 Å². The zero-order valence-electron chi connectivity index (χ0n) is 13.6. The SMILES string of the molecule is C=CCN(CC(=O)Nc1ccc(N(CC)CC)cc1)C(C)=O. The third kappa shape index (κ3) is 5.24. The Labute approximate surface area is 132 Å². The van der Waals surface area contributed by atoms with Gasteiger partial charge in [0.1, 0.15) is 6.54 Å². The summed E-state index contributed by atoms with van der Waals surface area (Å²) in [6.45, 7) is 11.5. The molecule has 1 aromatic carbocycles. The summed E-state index contributed by atoms with van der Waals surface area (Å²) < 4.78 is 0. The summed E-state index contributed by atoms with van der Waals surface area (Å²) in [5, 5.41) is 2.80. The Bertz CT molecular complexity index is 507. The van der Waals surface area contributed by atoms with Crippen LogP contribution >= 0.6 is 0 Å². The zero-order chi connectivity index (χ0) is 16.5. The van der Waals surface area contributed by atoms with Crippen LogP contribution in [0.4, 0.5) is 11.4 Å². The molecule has 22 heavy (non-hydrogen) atoms. The smallest absolute Gasteiger partial charge is 0.244 e. The number of nitrogens with one attached hydrogen (secondary N) is 1. The van der Waals surface area contributed by atoms with Crippen LogP contribution in [0.15, 0.2) is 36.9 Å². The molecule has 0 aliphatic heterocycles. The molecule has 0 aliphatic carbocycles. The van der Waals surface area contributed by atoms with Gasteiger partial charge in [0, 0.05) is 37.9 Å². The van der Waals surface area contributed by atoms with E-state index in [0.717, 1.165) is 24.5 Å². The zero-order valence-corrected chi connectivity index (χ0v) is 13.6. The van der Waals surface area contributed by atoms with Gasteiger partial charge in [-0.05, 0) is 38.1 Å². The van der Waals surface area contributed by atoms with Crippen molar-refractivity contribution in [3.63, 3.8) is 0 Å². The van der Waals surface area contributed by atoms with Gasteiger partial charge in [0.15, 0.2) is 0 Å². The number of benzene rings is 1. The maximum absolute atomic E-state index is 12.0. The molecule has 1 N–H and O–H groups in total. The molecule has 0 heterocycles. The average molecular weight is 303 g/mol. The molecular formula is C17H25N3O2. The lowest BCUT2D eigenvalue weighted by atomic mass is 10.2. The molecule has 1 rings (SSSR count). The molecule has 1 aromatic rings. The highest BCUT2D eigenvalue weighted by Gasteiger charge is 2.12. The number of hydrogen-bond donors (Lipinski definition) is 1. The van der Waals surface area contributed by atoms with Gasteiger partial charge in [-0.1, -0.05) is 6.08 Å². The highest BCUT2D eigenvalue weighted by atomic mass is 16.2.